The van der Waals surface area contributed by atoms with Crippen molar-refractivity contribution in [2.45, 2.75) is 19.8 Å². The summed E-state index contributed by atoms with van der Waals surface area (Å²) in [6, 6.07) is 1.77. The Bertz CT molecular complexity index is 531. The van der Waals surface area contributed by atoms with Crippen LogP contribution in [0.3, 0.4) is 0 Å². The first-order chi connectivity index (χ1) is 11.3. The predicted octanol–water partition coefficient (Wildman–Crippen LogP) is 0.945. The van der Waals surface area contributed by atoms with Gasteiger partial charge in [-0.1, -0.05) is 0 Å². The molecule has 8 heteroatoms. The number of aromatic nitrogens is 2. The van der Waals surface area contributed by atoms with E-state index in [1.807, 2.05) is 11.8 Å². The van der Waals surface area contributed by atoms with Gasteiger partial charge in [0.1, 0.15) is 0 Å². The van der Waals surface area contributed by atoms with Crippen molar-refractivity contribution in [1.82, 2.24) is 20.2 Å². The van der Waals surface area contributed by atoms with Gasteiger partial charge in [-0.2, -0.15) is 4.98 Å². The molecule has 0 saturated carbocycles. The molecule has 0 bridgehead atoms. The minimum absolute atomic E-state index is 0. The van der Waals surface area contributed by atoms with Crippen molar-refractivity contribution in [3.63, 3.8) is 0 Å². The zero-order valence-corrected chi connectivity index (χ0v) is 14.9. The SMILES string of the molecule is CCOc1ccnc(N2CCN(C(=O)C3CCNCC3)CC2)n1.Cl. The second kappa shape index (κ2) is 9.03. The molecule has 2 saturated heterocycles. The molecule has 2 fully saturated rings. The Hall–Kier alpha value is -1.60. The maximum Gasteiger partial charge on any atom is 0.228 e. The molecule has 0 unspecified atom stereocenters. The van der Waals surface area contributed by atoms with E-state index in [4.69, 9.17) is 4.74 Å². The summed E-state index contributed by atoms with van der Waals surface area (Å²) in [5.74, 6) is 1.80. The Morgan fingerprint density at radius 3 is 2.67 bits per heavy atom. The van der Waals surface area contributed by atoms with Gasteiger partial charge in [0.25, 0.3) is 0 Å². The van der Waals surface area contributed by atoms with Crippen molar-refractivity contribution < 1.29 is 9.53 Å². The Morgan fingerprint density at radius 2 is 2.00 bits per heavy atom. The van der Waals surface area contributed by atoms with Gasteiger partial charge in [-0.25, -0.2) is 4.98 Å². The van der Waals surface area contributed by atoms with E-state index >= 15 is 0 Å². The molecule has 1 N–H and O–H groups in total. The van der Waals surface area contributed by atoms with Crippen molar-refractivity contribution in [3.8, 4) is 5.88 Å². The smallest absolute Gasteiger partial charge is 0.228 e. The first-order valence-electron chi connectivity index (χ1n) is 8.48. The van der Waals surface area contributed by atoms with E-state index in [0.717, 1.165) is 52.1 Å². The zero-order valence-electron chi connectivity index (χ0n) is 14.1. The third kappa shape index (κ3) is 4.48. The molecule has 1 amide bonds. The Kier molecular flexibility index (Phi) is 7.05. The summed E-state index contributed by atoms with van der Waals surface area (Å²) in [6.07, 6.45) is 3.64. The summed E-state index contributed by atoms with van der Waals surface area (Å²) >= 11 is 0. The van der Waals surface area contributed by atoms with E-state index in [9.17, 15) is 4.79 Å². The summed E-state index contributed by atoms with van der Waals surface area (Å²) in [7, 11) is 0. The fourth-order valence-electron chi connectivity index (χ4n) is 3.17. The summed E-state index contributed by atoms with van der Waals surface area (Å²) in [6.45, 7) is 7.46. The Labute approximate surface area is 149 Å². The number of hydrogen-bond acceptors (Lipinski definition) is 6. The van der Waals surface area contributed by atoms with Crippen molar-refractivity contribution in [1.29, 1.82) is 0 Å². The molecule has 2 aliphatic heterocycles. The third-order valence-electron chi connectivity index (χ3n) is 4.47. The topological polar surface area (TPSA) is 70.6 Å². The average molecular weight is 356 g/mol. The highest BCUT2D eigenvalue weighted by atomic mass is 35.5. The zero-order chi connectivity index (χ0) is 16.1. The minimum Gasteiger partial charge on any atom is -0.478 e. The number of rotatable bonds is 4. The lowest BCUT2D eigenvalue weighted by Crippen LogP contribution is -2.51. The number of amides is 1. The first kappa shape index (κ1) is 18.7. The first-order valence-corrected chi connectivity index (χ1v) is 8.48. The van der Waals surface area contributed by atoms with E-state index in [1.54, 1.807) is 12.3 Å². The Balaban J connectivity index is 0.00000208. The molecular formula is C16H26ClN5O2. The molecule has 0 spiro atoms. The number of carbonyl (C=O) groups is 1. The quantitative estimate of drug-likeness (QED) is 0.867. The lowest BCUT2D eigenvalue weighted by atomic mass is 9.96. The summed E-state index contributed by atoms with van der Waals surface area (Å²) in [5, 5.41) is 3.31. The predicted molar refractivity (Wildman–Crippen MR) is 94.8 cm³/mol. The maximum absolute atomic E-state index is 12.6. The molecule has 0 aromatic carbocycles. The number of anilines is 1. The normalized spacial score (nSPS) is 18.9. The molecule has 1 aromatic rings. The van der Waals surface area contributed by atoms with Gasteiger partial charge in [-0.15, -0.1) is 12.4 Å². The van der Waals surface area contributed by atoms with Gasteiger partial charge in [0.05, 0.1) is 6.61 Å². The second-order valence-electron chi connectivity index (χ2n) is 5.96. The second-order valence-corrected chi connectivity index (χ2v) is 5.96. The van der Waals surface area contributed by atoms with Gasteiger partial charge in [-0.3, -0.25) is 4.79 Å². The van der Waals surface area contributed by atoms with Crippen LogP contribution in [0.25, 0.3) is 0 Å². The molecule has 24 heavy (non-hydrogen) atoms. The van der Waals surface area contributed by atoms with Crippen molar-refractivity contribution >= 4 is 24.3 Å². The molecule has 2 aliphatic rings. The molecule has 0 aliphatic carbocycles. The number of piperidine rings is 1. The van der Waals surface area contributed by atoms with Crippen LogP contribution in [0.2, 0.25) is 0 Å². The highest BCUT2D eigenvalue weighted by molar-refractivity contribution is 5.85. The van der Waals surface area contributed by atoms with E-state index in [-0.39, 0.29) is 18.3 Å². The van der Waals surface area contributed by atoms with Gasteiger partial charge in [-0.05, 0) is 32.9 Å². The molecule has 1 aromatic heterocycles. The van der Waals surface area contributed by atoms with E-state index in [0.29, 0.717) is 24.3 Å². The van der Waals surface area contributed by atoms with Crippen LogP contribution in [0.5, 0.6) is 5.88 Å². The number of hydrogen-bond donors (Lipinski definition) is 1. The van der Waals surface area contributed by atoms with Crippen molar-refractivity contribution in [2.24, 2.45) is 5.92 Å². The summed E-state index contributed by atoms with van der Waals surface area (Å²) < 4.78 is 5.43. The standard InChI is InChI=1S/C16H25N5O2.ClH/c1-2-23-14-5-8-18-16(19-14)21-11-9-20(10-12-21)15(22)13-3-6-17-7-4-13;/h5,8,13,17H,2-4,6-7,9-12H2,1H3;1H. The van der Waals surface area contributed by atoms with Crippen LogP contribution in [0, 0.1) is 5.92 Å². The van der Waals surface area contributed by atoms with E-state index in [1.165, 1.54) is 0 Å². The van der Waals surface area contributed by atoms with Crippen LogP contribution >= 0.6 is 12.4 Å². The van der Waals surface area contributed by atoms with Gasteiger partial charge >= 0.3 is 0 Å². The maximum atomic E-state index is 12.6. The van der Waals surface area contributed by atoms with Crippen LogP contribution in [0.15, 0.2) is 12.3 Å². The minimum atomic E-state index is 0. The lowest BCUT2D eigenvalue weighted by Gasteiger charge is -2.37. The fraction of sp³-hybridized carbons (Fsp3) is 0.688. The van der Waals surface area contributed by atoms with Crippen molar-refractivity contribution in [2.75, 3.05) is 50.8 Å². The molecule has 0 radical (unpaired) electrons. The van der Waals surface area contributed by atoms with Crippen LogP contribution in [-0.4, -0.2) is 66.7 Å². The summed E-state index contributed by atoms with van der Waals surface area (Å²) in [5.41, 5.74) is 0. The molecule has 7 nitrogen and oxygen atoms in total. The van der Waals surface area contributed by atoms with Crippen LogP contribution in [0.4, 0.5) is 5.95 Å². The number of halogens is 1. The summed E-state index contributed by atoms with van der Waals surface area (Å²) in [4.78, 5) is 25.4. The largest absolute Gasteiger partial charge is 0.478 e. The highest BCUT2D eigenvalue weighted by Crippen LogP contribution is 2.19. The number of ether oxygens (including phenoxy) is 1. The van der Waals surface area contributed by atoms with E-state index in [2.05, 4.69) is 20.2 Å². The molecular weight excluding hydrogens is 330 g/mol. The average Bonchev–Trinajstić information content (AvgIpc) is 2.62. The van der Waals surface area contributed by atoms with Gasteiger partial charge < -0.3 is 19.9 Å². The van der Waals surface area contributed by atoms with Crippen LogP contribution in [-0.2, 0) is 4.79 Å². The van der Waals surface area contributed by atoms with Crippen LogP contribution in [0.1, 0.15) is 19.8 Å². The van der Waals surface area contributed by atoms with Crippen LogP contribution < -0.4 is 15.0 Å². The van der Waals surface area contributed by atoms with Gasteiger partial charge in [0.2, 0.25) is 17.7 Å². The molecule has 0 atom stereocenters. The van der Waals surface area contributed by atoms with Gasteiger partial charge in [0.15, 0.2) is 0 Å². The Morgan fingerprint density at radius 1 is 1.29 bits per heavy atom. The molecule has 134 valence electrons. The fourth-order valence-corrected chi connectivity index (χ4v) is 3.17. The monoisotopic (exact) mass is 355 g/mol. The highest BCUT2D eigenvalue weighted by Gasteiger charge is 2.29. The number of piperazine rings is 1. The van der Waals surface area contributed by atoms with Crippen molar-refractivity contribution in [3.05, 3.63) is 12.3 Å². The number of carbonyl (C=O) groups excluding carboxylic acids is 1. The number of nitrogens with one attached hydrogen (secondary N) is 1. The number of nitrogens with zero attached hydrogens (tertiary/aromatic N) is 4. The van der Waals surface area contributed by atoms with Gasteiger partial charge in [0, 0.05) is 44.4 Å². The third-order valence-corrected chi connectivity index (χ3v) is 4.47. The lowest BCUT2D eigenvalue weighted by molar-refractivity contribution is -0.136. The van der Waals surface area contributed by atoms with E-state index < -0.39 is 0 Å². The molecule has 3 heterocycles. The molecule has 3 rings (SSSR count).